The Kier molecular flexibility index (Phi) is 10.9. The van der Waals surface area contributed by atoms with E-state index in [1.807, 2.05) is 0 Å². The number of para-hydroxylation sites is 1. The zero-order chi connectivity index (χ0) is 28.3. The number of hydrogen-bond acceptors (Lipinski definition) is 9. The average molecular weight is 579 g/mol. The summed E-state index contributed by atoms with van der Waals surface area (Å²) in [5, 5.41) is 7.90. The van der Waals surface area contributed by atoms with E-state index in [4.69, 9.17) is 14.5 Å². The first-order valence-corrected chi connectivity index (χ1v) is 15.7. The molecule has 0 saturated carbocycles. The van der Waals surface area contributed by atoms with E-state index in [1.165, 1.54) is 52.5 Å². The van der Waals surface area contributed by atoms with Crippen LogP contribution in [0.4, 0.5) is 5.69 Å². The molecule has 0 atom stereocenters. The van der Waals surface area contributed by atoms with E-state index in [2.05, 4.69) is 61.7 Å². The summed E-state index contributed by atoms with van der Waals surface area (Å²) in [5.41, 5.74) is 6.97. The quantitative estimate of drug-likeness (QED) is 0.247. The highest BCUT2D eigenvalue weighted by Gasteiger charge is 2.19. The van der Waals surface area contributed by atoms with Crippen LogP contribution in [-0.2, 0) is 22.4 Å². The number of nitrogens with one attached hydrogen (secondary N) is 2. The van der Waals surface area contributed by atoms with E-state index in [-0.39, 0.29) is 5.91 Å². The van der Waals surface area contributed by atoms with Crippen LogP contribution in [-0.4, -0.2) is 77.6 Å². The molecule has 3 heterocycles. The van der Waals surface area contributed by atoms with Gasteiger partial charge in [-0.25, -0.2) is 0 Å². The van der Waals surface area contributed by atoms with Crippen LogP contribution in [0.1, 0.15) is 61.9 Å². The number of pyridine rings is 1. The van der Waals surface area contributed by atoms with Crippen LogP contribution in [0, 0.1) is 0 Å². The number of fused-ring (bicyclic) bond motifs is 2. The van der Waals surface area contributed by atoms with Crippen molar-refractivity contribution in [3.8, 4) is 5.88 Å². The highest BCUT2D eigenvalue weighted by atomic mass is 32.1. The van der Waals surface area contributed by atoms with E-state index in [0.29, 0.717) is 45.1 Å². The van der Waals surface area contributed by atoms with Crippen molar-refractivity contribution < 1.29 is 14.3 Å². The number of ether oxygens (including phenoxy) is 2. The van der Waals surface area contributed by atoms with E-state index < -0.39 is 0 Å². The third-order valence-corrected chi connectivity index (χ3v) is 8.13. The predicted octanol–water partition coefficient (Wildman–Crippen LogP) is 4.87. The molecule has 1 amide bonds. The zero-order valence-corrected chi connectivity index (χ0v) is 24.9. The topological polar surface area (TPSA) is 102 Å². The highest BCUT2D eigenvalue weighted by molar-refractivity contribution is 6.99. The van der Waals surface area contributed by atoms with E-state index in [0.717, 1.165) is 62.9 Å². The number of likely N-dealkylation sites (N-methyl/N-ethyl adjacent to an activating group) is 1. The van der Waals surface area contributed by atoms with Gasteiger partial charge in [-0.3, -0.25) is 9.78 Å². The van der Waals surface area contributed by atoms with Gasteiger partial charge < -0.3 is 25.0 Å². The zero-order valence-electron chi connectivity index (χ0n) is 24.1. The van der Waals surface area contributed by atoms with Crippen molar-refractivity contribution in [1.29, 1.82) is 0 Å². The van der Waals surface area contributed by atoms with Crippen molar-refractivity contribution in [3.63, 3.8) is 0 Å². The van der Waals surface area contributed by atoms with Crippen molar-refractivity contribution in [3.05, 3.63) is 47.3 Å². The number of rotatable bonds is 15. The van der Waals surface area contributed by atoms with Crippen LogP contribution in [0.25, 0.3) is 16.5 Å². The fourth-order valence-corrected chi connectivity index (χ4v) is 6.03. The van der Waals surface area contributed by atoms with Gasteiger partial charge in [0.25, 0.3) is 5.88 Å². The number of carbonyl (C=O) groups excluding carboxylic acids is 1. The van der Waals surface area contributed by atoms with Crippen molar-refractivity contribution in [2.45, 2.75) is 57.8 Å². The summed E-state index contributed by atoms with van der Waals surface area (Å²) in [6, 6.07) is 8.37. The number of aryl methyl sites for hydroxylation is 1. The van der Waals surface area contributed by atoms with Gasteiger partial charge in [-0.1, -0.05) is 24.3 Å². The fourth-order valence-electron chi connectivity index (χ4n) is 5.50. The first kappa shape index (κ1) is 29.4. The second-order valence-electron chi connectivity index (χ2n) is 10.9. The molecule has 0 spiro atoms. The number of amides is 1. The van der Waals surface area contributed by atoms with Crippen molar-refractivity contribution in [2.75, 3.05) is 58.4 Å². The third-order valence-electron chi connectivity index (χ3n) is 7.62. The van der Waals surface area contributed by atoms with E-state index >= 15 is 0 Å². The lowest BCUT2D eigenvalue weighted by Crippen LogP contribution is -2.26. The molecular weight excluding hydrogens is 536 g/mol. The van der Waals surface area contributed by atoms with Crippen molar-refractivity contribution in [2.24, 2.45) is 0 Å². The molecule has 9 nitrogen and oxygen atoms in total. The second kappa shape index (κ2) is 15.2. The molecule has 1 aliphatic carbocycles. The summed E-state index contributed by atoms with van der Waals surface area (Å²) in [6.07, 6.45) is 10.7. The Morgan fingerprint density at radius 1 is 1.05 bits per heavy atom. The van der Waals surface area contributed by atoms with Crippen molar-refractivity contribution >= 4 is 39.8 Å². The number of carbonyl (C=O) groups is 1. The van der Waals surface area contributed by atoms with Gasteiger partial charge in [0.2, 0.25) is 5.91 Å². The van der Waals surface area contributed by atoms with Gasteiger partial charge in [0.15, 0.2) is 0 Å². The minimum atomic E-state index is 0.0786. The van der Waals surface area contributed by atoms with E-state index in [1.54, 1.807) is 0 Å². The maximum atomic E-state index is 12.3. The standard InChI is InChI=1S/C31H42N6O3S/c1-37-18-6-10-23(22-37)29-31(36-41-35-29)40-21-9-20-39-19-7-15-28(38)32-16-8-17-33-30-24-11-2-4-13-26(24)34-27-14-5-3-12-25(27)30/h2,4,10-11,13H,3,5-9,12,14-22H2,1H3,(H,32,38)(H,33,34). The maximum Gasteiger partial charge on any atom is 0.253 e. The predicted molar refractivity (Wildman–Crippen MR) is 165 cm³/mol. The summed E-state index contributed by atoms with van der Waals surface area (Å²) in [5.74, 6) is 0.701. The third kappa shape index (κ3) is 8.24. The Morgan fingerprint density at radius 2 is 1.93 bits per heavy atom. The molecule has 1 aromatic carbocycles. The monoisotopic (exact) mass is 578 g/mol. The number of nitrogens with zero attached hydrogens (tertiary/aromatic N) is 4. The Balaban J connectivity index is 0.916. The summed E-state index contributed by atoms with van der Waals surface area (Å²) < 4.78 is 20.3. The maximum absolute atomic E-state index is 12.3. The molecule has 0 radical (unpaired) electrons. The Morgan fingerprint density at radius 3 is 2.85 bits per heavy atom. The number of anilines is 1. The number of hydrogen-bond donors (Lipinski definition) is 2. The van der Waals surface area contributed by atoms with Gasteiger partial charge in [0, 0.05) is 69.0 Å². The van der Waals surface area contributed by atoms with Crippen LogP contribution in [0.3, 0.4) is 0 Å². The molecule has 2 N–H and O–H groups in total. The molecule has 2 aromatic heterocycles. The van der Waals surface area contributed by atoms with Crippen LogP contribution < -0.4 is 15.4 Å². The Bertz CT molecular complexity index is 1330. The second-order valence-corrected chi connectivity index (χ2v) is 11.4. The molecule has 41 heavy (non-hydrogen) atoms. The largest absolute Gasteiger partial charge is 0.475 e. The molecule has 220 valence electrons. The summed E-state index contributed by atoms with van der Waals surface area (Å²) in [7, 11) is 2.11. The number of aromatic nitrogens is 3. The average Bonchev–Trinajstić information content (AvgIpc) is 3.46. The molecule has 0 saturated heterocycles. The first-order chi connectivity index (χ1) is 20.2. The van der Waals surface area contributed by atoms with Crippen LogP contribution in [0.5, 0.6) is 5.88 Å². The van der Waals surface area contributed by atoms with Gasteiger partial charge >= 0.3 is 0 Å². The summed E-state index contributed by atoms with van der Waals surface area (Å²) in [6.45, 7) is 5.12. The van der Waals surface area contributed by atoms with Crippen LogP contribution in [0.15, 0.2) is 30.3 Å². The Labute approximate surface area is 247 Å². The molecule has 0 bridgehead atoms. The molecule has 3 aromatic rings. The molecule has 1 aliphatic heterocycles. The molecular formula is C31H42N6O3S. The van der Waals surface area contributed by atoms with Crippen LogP contribution >= 0.6 is 11.7 Å². The SMILES string of the molecule is CN1CCC=C(c2nsnc2OCCCOCCCC(=O)NCCCNc2c3c(nc4ccccc24)CCCC3)C1. The molecule has 10 heteroatoms. The molecule has 2 aliphatic rings. The Hall–Kier alpha value is -3.08. The lowest BCUT2D eigenvalue weighted by atomic mass is 9.92. The minimum absolute atomic E-state index is 0.0786. The molecule has 5 rings (SSSR count). The van der Waals surface area contributed by atoms with Crippen LogP contribution in [0.2, 0.25) is 0 Å². The lowest BCUT2D eigenvalue weighted by Gasteiger charge is -2.22. The van der Waals surface area contributed by atoms with Gasteiger partial charge in [-0.2, -0.15) is 4.37 Å². The fraction of sp³-hybridized carbons (Fsp3) is 0.548. The van der Waals surface area contributed by atoms with Crippen molar-refractivity contribution in [1.82, 2.24) is 23.9 Å². The molecule has 0 unspecified atom stereocenters. The van der Waals surface area contributed by atoms with Gasteiger partial charge in [-0.15, -0.1) is 4.37 Å². The van der Waals surface area contributed by atoms with Gasteiger partial charge in [0.05, 0.1) is 23.9 Å². The normalized spacial score (nSPS) is 15.4. The van der Waals surface area contributed by atoms with Gasteiger partial charge in [-0.05, 0) is 69.2 Å². The summed E-state index contributed by atoms with van der Waals surface area (Å²) >= 11 is 1.19. The van der Waals surface area contributed by atoms with Gasteiger partial charge in [0.1, 0.15) is 5.69 Å². The first-order valence-electron chi connectivity index (χ1n) is 15.0. The summed E-state index contributed by atoms with van der Waals surface area (Å²) in [4.78, 5) is 19.4. The lowest BCUT2D eigenvalue weighted by molar-refractivity contribution is -0.121. The minimum Gasteiger partial charge on any atom is -0.475 e. The smallest absolute Gasteiger partial charge is 0.253 e. The molecule has 0 fully saturated rings. The highest BCUT2D eigenvalue weighted by Crippen LogP contribution is 2.33. The van der Waals surface area contributed by atoms with E-state index in [9.17, 15) is 4.79 Å². The number of benzene rings is 1.